The summed E-state index contributed by atoms with van der Waals surface area (Å²) in [4.78, 5) is 0. The van der Waals surface area contributed by atoms with E-state index in [9.17, 15) is 26.3 Å². The first-order valence-corrected chi connectivity index (χ1v) is 4.52. The second-order valence-electron chi connectivity index (χ2n) is 3.38. The van der Waals surface area contributed by atoms with Crippen molar-refractivity contribution in [1.29, 1.82) is 5.26 Å². The average Bonchev–Trinajstić information content (AvgIpc) is 2.24. The highest BCUT2D eigenvalue weighted by molar-refractivity contribution is 5.49. The molecule has 0 atom stereocenters. The second kappa shape index (κ2) is 4.49. The van der Waals surface area contributed by atoms with E-state index in [1.807, 2.05) is 0 Å². The first-order valence-electron chi connectivity index (χ1n) is 4.52. The zero-order valence-corrected chi connectivity index (χ0v) is 8.65. The minimum absolute atomic E-state index is 0.339. The Morgan fingerprint density at radius 2 is 1.39 bits per heavy atom. The van der Waals surface area contributed by atoms with Crippen LogP contribution in [0, 0.1) is 11.3 Å². The number of hydrogen-bond donors (Lipinski definition) is 1. The van der Waals surface area contributed by atoms with E-state index < -0.39 is 35.6 Å². The van der Waals surface area contributed by atoms with E-state index >= 15 is 0 Å². The summed E-state index contributed by atoms with van der Waals surface area (Å²) in [5.41, 5.74) is 0.0216. The van der Waals surface area contributed by atoms with Crippen molar-refractivity contribution >= 4 is 0 Å². The Morgan fingerprint density at radius 3 is 1.61 bits per heavy atom. The minimum atomic E-state index is -5.05. The molecule has 0 saturated heterocycles. The summed E-state index contributed by atoms with van der Waals surface area (Å²) in [6.45, 7) is -0.488. The lowest BCUT2D eigenvalue weighted by Crippen LogP contribution is -2.16. The smallest absolute Gasteiger partial charge is 0.326 e. The number of halogens is 6. The summed E-state index contributed by atoms with van der Waals surface area (Å²) in [6.07, 6.45) is -10.1. The molecular formula is C10H6F6N2. The fourth-order valence-electron chi connectivity index (χ4n) is 1.39. The van der Waals surface area contributed by atoms with Crippen LogP contribution in [0.2, 0.25) is 0 Å². The summed E-state index contributed by atoms with van der Waals surface area (Å²) in [7, 11) is 0. The lowest BCUT2D eigenvalue weighted by Gasteiger charge is -2.16. The number of nitrogens with two attached hydrogens (primary N) is 1. The van der Waals surface area contributed by atoms with Crippen LogP contribution in [0.4, 0.5) is 26.3 Å². The Kier molecular flexibility index (Phi) is 3.57. The SMILES string of the molecule is N#Cc1c(C(F)(F)F)cc(CN)cc1C(F)(F)F. The zero-order valence-electron chi connectivity index (χ0n) is 8.65. The van der Waals surface area contributed by atoms with Crippen molar-refractivity contribution in [3.63, 3.8) is 0 Å². The Morgan fingerprint density at radius 1 is 1.00 bits per heavy atom. The first-order chi connectivity index (χ1) is 8.11. The van der Waals surface area contributed by atoms with Crippen LogP contribution >= 0.6 is 0 Å². The summed E-state index contributed by atoms with van der Waals surface area (Å²) in [6, 6.07) is 1.85. The van der Waals surface area contributed by atoms with Gasteiger partial charge in [0, 0.05) is 6.54 Å². The number of nitrogens with zero attached hydrogens (tertiary/aromatic N) is 1. The average molecular weight is 268 g/mol. The molecule has 18 heavy (non-hydrogen) atoms. The third-order valence-electron chi connectivity index (χ3n) is 2.16. The van der Waals surface area contributed by atoms with E-state index in [4.69, 9.17) is 11.0 Å². The molecule has 0 unspecified atom stereocenters. The van der Waals surface area contributed by atoms with Crippen molar-refractivity contribution < 1.29 is 26.3 Å². The highest BCUT2D eigenvalue weighted by Gasteiger charge is 2.41. The Balaban J connectivity index is 3.68. The predicted octanol–water partition coefficient (Wildman–Crippen LogP) is 3.05. The van der Waals surface area contributed by atoms with Crippen LogP contribution in [0.5, 0.6) is 0 Å². The van der Waals surface area contributed by atoms with Crippen molar-refractivity contribution in [2.75, 3.05) is 0 Å². The van der Waals surface area contributed by atoms with Crippen molar-refractivity contribution in [1.82, 2.24) is 0 Å². The molecule has 2 nitrogen and oxygen atoms in total. The summed E-state index contributed by atoms with van der Waals surface area (Å²) >= 11 is 0. The van der Waals surface area contributed by atoms with Crippen LogP contribution in [-0.2, 0) is 18.9 Å². The quantitative estimate of drug-likeness (QED) is 0.796. The van der Waals surface area contributed by atoms with Gasteiger partial charge in [-0.2, -0.15) is 31.6 Å². The molecule has 0 bridgehead atoms. The normalized spacial score (nSPS) is 12.3. The fourth-order valence-corrected chi connectivity index (χ4v) is 1.39. The summed E-state index contributed by atoms with van der Waals surface area (Å²) in [5.74, 6) is 0. The van der Waals surface area contributed by atoms with Gasteiger partial charge in [-0.15, -0.1) is 0 Å². The number of alkyl halides is 6. The van der Waals surface area contributed by atoms with Crippen molar-refractivity contribution in [3.05, 3.63) is 34.4 Å². The monoisotopic (exact) mass is 268 g/mol. The van der Waals surface area contributed by atoms with Gasteiger partial charge < -0.3 is 5.73 Å². The van der Waals surface area contributed by atoms with Gasteiger partial charge in [0.1, 0.15) is 6.07 Å². The molecule has 8 heteroatoms. The van der Waals surface area contributed by atoms with E-state index in [0.717, 1.165) is 6.07 Å². The van der Waals surface area contributed by atoms with Crippen molar-refractivity contribution in [2.45, 2.75) is 18.9 Å². The van der Waals surface area contributed by atoms with Gasteiger partial charge in [-0.05, 0) is 17.7 Å². The highest BCUT2D eigenvalue weighted by Crippen LogP contribution is 2.39. The summed E-state index contributed by atoms with van der Waals surface area (Å²) in [5, 5.41) is 8.51. The lowest BCUT2D eigenvalue weighted by molar-refractivity contribution is -0.143. The predicted molar refractivity (Wildman–Crippen MR) is 49.1 cm³/mol. The molecule has 0 aliphatic carbocycles. The van der Waals surface area contributed by atoms with Gasteiger partial charge in [0.25, 0.3) is 0 Å². The maximum Gasteiger partial charge on any atom is 0.417 e. The van der Waals surface area contributed by atoms with Gasteiger partial charge >= 0.3 is 12.4 Å². The second-order valence-corrected chi connectivity index (χ2v) is 3.38. The highest BCUT2D eigenvalue weighted by atomic mass is 19.4. The Hall–Kier alpha value is -1.75. The van der Waals surface area contributed by atoms with E-state index in [-0.39, 0.29) is 5.56 Å². The van der Waals surface area contributed by atoms with Crippen LogP contribution in [0.25, 0.3) is 0 Å². The van der Waals surface area contributed by atoms with Gasteiger partial charge in [0.15, 0.2) is 0 Å². The molecule has 98 valence electrons. The molecule has 0 aliphatic heterocycles. The van der Waals surface area contributed by atoms with Gasteiger partial charge in [-0.3, -0.25) is 0 Å². The maximum absolute atomic E-state index is 12.6. The molecule has 0 aromatic heterocycles. The number of benzene rings is 1. The van der Waals surface area contributed by atoms with Crippen molar-refractivity contribution in [2.24, 2.45) is 5.73 Å². The van der Waals surface area contributed by atoms with Crippen LogP contribution in [0.3, 0.4) is 0 Å². The molecular weight excluding hydrogens is 262 g/mol. The molecule has 2 N–H and O–H groups in total. The largest absolute Gasteiger partial charge is 0.417 e. The molecule has 0 aliphatic rings. The number of nitriles is 1. The Bertz CT molecular complexity index is 460. The molecule has 0 fully saturated rings. The summed E-state index contributed by atoms with van der Waals surface area (Å²) < 4.78 is 75.4. The molecule has 0 amide bonds. The van der Waals surface area contributed by atoms with Gasteiger partial charge in [-0.25, -0.2) is 0 Å². The van der Waals surface area contributed by atoms with E-state index in [2.05, 4.69) is 0 Å². The minimum Gasteiger partial charge on any atom is -0.326 e. The van der Waals surface area contributed by atoms with Gasteiger partial charge in [0.05, 0.1) is 16.7 Å². The Labute approximate surface area is 97.6 Å². The van der Waals surface area contributed by atoms with Crippen LogP contribution in [-0.4, -0.2) is 0 Å². The standard InChI is InChI=1S/C10H6F6N2/c11-9(12,13)7-1-5(3-17)2-8(6(7)4-18)10(14,15)16/h1-2H,3,17H2. The molecule has 1 aromatic carbocycles. The number of rotatable bonds is 1. The topological polar surface area (TPSA) is 49.8 Å². The van der Waals surface area contributed by atoms with Crippen LogP contribution in [0.15, 0.2) is 12.1 Å². The van der Waals surface area contributed by atoms with Crippen LogP contribution < -0.4 is 5.73 Å². The third kappa shape index (κ3) is 2.73. The first kappa shape index (κ1) is 14.3. The third-order valence-corrected chi connectivity index (χ3v) is 2.16. The molecule has 0 spiro atoms. The molecule has 1 aromatic rings. The van der Waals surface area contributed by atoms with E-state index in [1.165, 1.54) is 0 Å². The van der Waals surface area contributed by atoms with Crippen LogP contribution in [0.1, 0.15) is 22.3 Å². The van der Waals surface area contributed by atoms with E-state index in [1.54, 1.807) is 0 Å². The van der Waals surface area contributed by atoms with E-state index in [0.29, 0.717) is 12.1 Å². The lowest BCUT2D eigenvalue weighted by atomic mass is 9.97. The molecule has 0 heterocycles. The molecule has 0 radical (unpaired) electrons. The van der Waals surface area contributed by atoms with Crippen molar-refractivity contribution in [3.8, 4) is 6.07 Å². The fraction of sp³-hybridized carbons (Fsp3) is 0.300. The molecule has 0 saturated carbocycles. The molecule has 1 rings (SSSR count). The zero-order chi connectivity index (χ0) is 14.1. The maximum atomic E-state index is 12.6. The van der Waals surface area contributed by atoms with Gasteiger partial charge in [0.2, 0.25) is 0 Å². The van der Waals surface area contributed by atoms with Gasteiger partial charge in [-0.1, -0.05) is 0 Å². The number of hydrogen-bond acceptors (Lipinski definition) is 2.